The van der Waals surface area contributed by atoms with Crippen LogP contribution in [0.3, 0.4) is 0 Å². The second-order valence-electron chi connectivity index (χ2n) is 10.8. The Labute approximate surface area is 194 Å². The summed E-state index contributed by atoms with van der Waals surface area (Å²) < 4.78 is 11.5. The molecule has 9 nitrogen and oxygen atoms in total. The number of amides is 1. The topological polar surface area (TPSA) is 139 Å². The number of hydrogen-bond acceptors (Lipinski definition) is 7. The molecule has 1 aromatic heterocycles. The second kappa shape index (κ2) is 6.69. The number of aromatic amines is 1. The first-order chi connectivity index (χ1) is 16.0. The number of carbonyl (C=O) groups is 2. The molecule has 2 aromatic rings. The molecular weight excluding hydrogens is 440 g/mol. The molecule has 3 heterocycles. The highest BCUT2D eigenvalue weighted by atomic mass is 16.5. The van der Waals surface area contributed by atoms with Crippen molar-refractivity contribution >= 4 is 28.3 Å². The van der Waals surface area contributed by atoms with E-state index < -0.39 is 22.6 Å². The van der Waals surface area contributed by atoms with Crippen molar-refractivity contribution < 1.29 is 23.8 Å². The van der Waals surface area contributed by atoms with E-state index in [1.807, 2.05) is 11.9 Å². The fraction of sp³-hybridized carbons (Fsp3) is 0.520. The average molecular weight is 466 g/mol. The predicted octanol–water partition coefficient (Wildman–Crippen LogP) is 2.62. The van der Waals surface area contributed by atoms with Gasteiger partial charge in [0.2, 0.25) is 5.91 Å². The molecule has 1 spiro atoms. The molecule has 2 saturated carbocycles. The summed E-state index contributed by atoms with van der Waals surface area (Å²) in [6.45, 7) is 4.11. The van der Waals surface area contributed by atoms with Gasteiger partial charge in [0.25, 0.3) is 5.56 Å². The van der Waals surface area contributed by atoms with Crippen LogP contribution in [0, 0.1) is 22.7 Å². The zero-order valence-corrected chi connectivity index (χ0v) is 19.0. The van der Waals surface area contributed by atoms with Crippen LogP contribution in [0.15, 0.2) is 38.3 Å². The lowest BCUT2D eigenvalue weighted by molar-refractivity contribution is -0.169. The zero-order chi connectivity index (χ0) is 24.0. The van der Waals surface area contributed by atoms with Gasteiger partial charge in [-0.15, -0.1) is 0 Å². The lowest BCUT2D eigenvalue weighted by Gasteiger charge is -2.55. The van der Waals surface area contributed by atoms with Crippen molar-refractivity contribution in [2.45, 2.75) is 57.7 Å². The number of aromatic nitrogens is 1. The van der Waals surface area contributed by atoms with E-state index in [4.69, 9.17) is 9.15 Å². The molecule has 178 valence electrons. The molecule has 2 unspecified atom stereocenters. The summed E-state index contributed by atoms with van der Waals surface area (Å²) in [4.78, 5) is 51.8. The molecule has 7 rings (SSSR count). The second-order valence-corrected chi connectivity index (χ2v) is 10.8. The van der Waals surface area contributed by atoms with Gasteiger partial charge in [0.15, 0.2) is 11.4 Å². The number of aromatic hydroxyl groups is 1. The van der Waals surface area contributed by atoms with E-state index in [-0.39, 0.29) is 57.6 Å². The van der Waals surface area contributed by atoms with Gasteiger partial charge in [-0.05, 0) is 62.1 Å². The van der Waals surface area contributed by atoms with E-state index in [2.05, 4.69) is 18.3 Å². The van der Waals surface area contributed by atoms with Crippen LogP contribution in [0.2, 0.25) is 0 Å². The molecule has 2 saturated heterocycles. The fourth-order valence-electron chi connectivity index (χ4n) is 7.47. The van der Waals surface area contributed by atoms with Crippen LogP contribution in [0.5, 0.6) is 5.75 Å². The maximum absolute atomic E-state index is 13.2. The van der Waals surface area contributed by atoms with Crippen molar-refractivity contribution in [3.63, 3.8) is 0 Å². The van der Waals surface area contributed by atoms with E-state index in [1.165, 1.54) is 12.1 Å². The molecule has 1 amide bonds. The maximum Gasteiger partial charge on any atom is 0.419 e. The van der Waals surface area contributed by atoms with Crippen LogP contribution in [-0.4, -0.2) is 33.5 Å². The van der Waals surface area contributed by atoms with Gasteiger partial charge < -0.3 is 19.6 Å². The van der Waals surface area contributed by atoms with Crippen LogP contribution in [0.25, 0.3) is 11.0 Å². The maximum atomic E-state index is 13.2. The average Bonchev–Trinajstić information content (AvgIpc) is 3.13. The molecule has 34 heavy (non-hydrogen) atoms. The molecule has 9 heteroatoms. The number of phenolic OH excluding ortho intramolecular Hbond substituents is 1. The van der Waals surface area contributed by atoms with Crippen LogP contribution in [0.1, 0.15) is 46.0 Å². The minimum Gasteiger partial charge on any atom is -0.506 e. The third-order valence-electron chi connectivity index (χ3n) is 8.84. The number of anilines is 1. The fourth-order valence-corrected chi connectivity index (χ4v) is 7.47. The van der Waals surface area contributed by atoms with Crippen LogP contribution >= 0.6 is 0 Å². The van der Waals surface area contributed by atoms with Gasteiger partial charge in [0.05, 0.1) is 17.1 Å². The van der Waals surface area contributed by atoms with E-state index in [1.54, 1.807) is 6.08 Å². The predicted molar refractivity (Wildman–Crippen MR) is 121 cm³/mol. The summed E-state index contributed by atoms with van der Waals surface area (Å²) in [6, 6.07) is 2.55. The van der Waals surface area contributed by atoms with Gasteiger partial charge in [-0.3, -0.25) is 19.4 Å². The molecule has 0 radical (unpaired) electrons. The first-order valence-corrected chi connectivity index (χ1v) is 11.7. The quantitative estimate of drug-likeness (QED) is 0.589. The molecule has 2 aliphatic heterocycles. The Kier molecular flexibility index (Phi) is 4.20. The van der Waals surface area contributed by atoms with E-state index in [0.29, 0.717) is 12.3 Å². The van der Waals surface area contributed by atoms with Crippen LogP contribution in [-0.2, 0) is 14.3 Å². The summed E-state index contributed by atoms with van der Waals surface area (Å²) in [6.07, 6.45) is 6.98. The van der Waals surface area contributed by atoms with Crippen molar-refractivity contribution in [2.75, 3.05) is 5.32 Å². The number of fused-ring (bicyclic) bond motifs is 1. The van der Waals surface area contributed by atoms with Crippen LogP contribution < -0.4 is 16.6 Å². The number of ether oxygens (including phenoxy) is 1. The molecule has 3 aliphatic carbocycles. The first kappa shape index (κ1) is 21.3. The Balaban J connectivity index is 1.27. The Bertz CT molecular complexity index is 1410. The Morgan fingerprint density at radius 3 is 2.82 bits per heavy atom. The van der Waals surface area contributed by atoms with E-state index in [9.17, 15) is 24.3 Å². The Morgan fingerprint density at radius 1 is 1.26 bits per heavy atom. The van der Waals surface area contributed by atoms with Gasteiger partial charge in [0, 0.05) is 17.8 Å². The summed E-state index contributed by atoms with van der Waals surface area (Å²) >= 11 is 0. The number of H-pyrrole nitrogens is 1. The third-order valence-corrected chi connectivity index (χ3v) is 8.84. The summed E-state index contributed by atoms with van der Waals surface area (Å²) in [7, 11) is 0. The number of nitrogens with one attached hydrogen (secondary N) is 2. The minimum absolute atomic E-state index is 0.00238. The van der Waals surface area contributed by atoms with Crippen LogP contribution in [0.4, 0.5) is 5.69 Å². The van der Waals surface area contributed by atoms with E-state index >= 15 is 0 Å². The minimum atomic E-state index is -0.990. The molecule has 4 bridgehead atoms. The molecule has 5 aliphatic rings. The molecule has 6 atom stereocenters. The molecule has 4 fully saturated rings. The van der Waals surface area contributed by atoms with Gasteiger partial charge >= 0.3 is 5.76 Å². The van der Waals surface area contributed by atoms with Crippen molar-refractivity contribution in [1.29, 1.82) is 0 Å². The van der Waals surface area contributed by atoms with Crippen molar-refractivity contribution in [3.8, 4) is 5.75 Å². The molecular formula is C25H26N2O7. The molecule has 1 aromatic carbocycles. The summed E-state index contributed by atoms with van der Waals surface area (Å²) in [5.41, 5.74) is -1.97. The highest BCUT2D eigenvalue weighted by Crippen LogP contribution is 2.71. The van der Waals surface area contributed by atoms with Crippen molar-refractivity contribution in [3.05, 3.63) is 45.2 Å². The van der Waals surface area contributed by atoms with Gasteiger partial charge in [-0.1, -0.05) is 13.0 Å². The van der Waals surface area contributed by atoms with Crippen molar-refractivity contribution in [1.82, 2.24) is 4.98 Å². The first-order valence-electron chi connectivity index (χ1n) is 11.7. The lowest BCUT2D eigenvalue weighted by atomic mass is 9.51. The number of ketones is 1. The van der Waals surface area contributed by atoms with Crippen molar-refractivity contribution in [2.24, 2.45) is 22.7 Å². The summed E-state index contributed by atoms with van der Waals surface area (Å²) in [5.74, 6) is -1.25. The smallest absolute Gasteiger partial charge is 0.419 e. The standard InChI is InChI=1S/C25H26N2O7/c1-23(16(29)5-8-25-10-12-9-15(20(23)25)34-24(12,2)11-25)7-6-17(30)26-18-14(28)4-3-13-19(18)33-22(32)27-21(13)31/h3-5,8,12,15,20,28H,6-7,9-11H2,1-2H3,(H,26,30)(H,27,31,32)/t12?,15-,20?,23+,24+,25-/m0/s1. The Morgan fingerprint density at radius 2 is 2.06 bits per heavy atom. The zero-order valence-electron chi connectivity index (χ0n) is 19.0. The van der Waals surface area contributed by atoms with Gasteiger partial charge in [0.1, 0.15) is 11.4 Å². The number of benzene rings is 1. The monoisotopic (exact) mass is 466 g/mol. The number of phenols is 1. The number of rotatable bonds is 4. The summed E-state index contributed by atoms with van der Waals surface area (Å²) in [5, 5.41) is 12.9. The van der Waals surface area contributed by atoms with Gasteiger partial charge in [-0.25, -0.2) is 4.79 Å². The lowest BCUT2D eigenvalue weighted by Crippen LogP contribution is -2.56. The largest absolute Gasteiger partial charge is 0.506 e. The number of carbonyl (C=O) groups excluding carboxylic acids is 2. The highest BCUT2D eigenvalue weighted by Gasteiger charge is 2.71. The normalized spacial score (nSPS) is 37.4. The third kappa shape index (κ3) is 2.76. The number of hydrogen-bond donors (Lipinski definition) is 3. The molecule has 3 N–H and O–H groups in total. The number of allylic oxidation sites excluding steroid dienone is 2. The highest BCUT2D eigenvalue weighted by molar-refractivity contribution is 6.02. The van der Waals surface area contributed by atoms with Gasteiger partial charge in [-0.2, -0.15) is 0 Å². The van der Waals surface area contributed by atoms with E-state index in [0.717, 1.165) is 19.3 Å². The Hall–Kier alpha value is -3.20. The SMILES string of the molecule is C[C@@]12C[C@@]34C=CC(=O)[C@@](C)(CCC(=O)Nc5c(O)ccc6c(=O)[nH]c(=O)oc56)C3[C@H](CC1C4)O2.